The van der Waals surface area contributed by atoms with E-state index in [1.54, 1.807) is 13.8 Å². The van der Waals surface area contributed by atoms with E-state index in [1.807, 2.05) is 6.92 Å². The fourth-order valence-electron chi connectivity index (χ4n) is 2.58. The van der Waals surface area contributed by atoms with E-state index in [2.05, 4.69) is 28.5 Å². The predicted octanol–water partition coefficient (Wildman–Crippen LogP) is 1.48. The van der Waals surface area contributed by atoms with Gasteiger partial charge in [-0.05, 0) is 40.2 Å². The van der Waals surface area contributed by atoms with Crippen molar-refractivity contribution in [1.82, 2.24) is 9.62 Å². The zero-order valence-corrected chi connectivity index (χ0v) is 13.1. The number of nitrogens with one attached hydrogen (secondary N) is 1. The van der Waals surface area contributed by atoms with Crippen LogP contribution in [0.5, 0.6) is 0 Å². The van der Waals surface area contributed by atoms with E-state index >= 15 is 0 Å². The van der Waals surface area contributed by atoms with Crippen LogP contribution in [0.4, 0.5) is 0 Å². The first-order valence-corrected chi connectivity index (χ1v) is 8.29. The highest BCUT2D eigenvalue weighted by molar-refractivity contribution is 7.90. The molecule has 0 aromatic rings. The lowest BCUT2D eigenvalue weighted by atomic mass is 10.0. The summed E-state index contributed by atoms with van der Waals surface area (Å²) in [5.74, 6) is 0.986. The van der Waals surface area contributed by atoms with E-state index in [1.165, 1.54) is 11.3 Å². The lowest BCUT2D eigenvalue weighted by Gasteiger charge is -2.28. The first-order valence-electron chi connectivity index (χ1n) is 6.75. The number of rotatable bonds is 3. The molecule has 0 spiro atoms. The van der Waals surface area contributed by atoms with Gasteiger partial charge in [0.15, 0.2) is 0 Å². The molecule has 6 heteroatoms. The number of nitrogens with zero attached hydrogens (tertiary/aromatic N) is 2. The summed E-state index contributed by atoms with van der Waals surface area (Å²) in [5.41, 5.74) is 2.48. The summed E-state index contributed by atoms with van der Waals surface area (Å²) in [6.07, 6.45) is 0.759. The average molecular weight is 285 g/mol. The Morgan fingerprint density at radius 3 is 2.58 bits per heavy atom. The second-order valence-electron chi connectivity index (χ2n) is 5.71. The fraction of sp³-hybridized carbons (Fsp3) is 0.769. The lowest BCUT2D eigenvalue weighted by Crippen LogP contribution is -2.41. The second-order valence-corrected chi connectivity index (χ2v) is 7.97. The molecular formula is C13H23N3O2S. The molecule has 2 atom stereocenters. The van der Waals surface area contributed by atoms with Gasteiger partial charge in [0.1, 0.15) is 5.84 Å². The van der Waals surface area contributed by atoms with Crippen LogP contribution >= 0.6 is 0 Å². The summed E-state index contributed by atoms with van der Waals surface area (Å²) in [6.45, 7) is 10.2. The van der Waals surface area contributed by atoms with Crippen LogP contribution in [0.2, 0.25) is 0 Å². The summed E-state index contributed by atoms with van der Waals surface area (Å²) < 4.78 is 26.7. The Balaban J connectivity index is 2.18. The van der Waals surface area contributed by atoms with Crippen LogP contribution in [0.15, 0.2) is 16.3 Å². The molecule has 5 nitrogen and oxygen atoms in total. The van der Waals surface area contributed by atoms with Gasteiger partial charge < -0.3 is 4.90 Å². The van der Waals surface area contributed by atoms with Crippen LogP contribution in [-0.2, 0) is 10.0 Å². The van der Waals surface area contributed by atoms with E-state index in [0.29, 0.717) is 6.54 Å². The molecule has 1 saturated heterocycles. The molecule has 0 aromatic carbocycles. The SMILES string of the molecule is CC1=NC(C)C(C)=C2CC(NS(=O)(=O)C(C)C)CN12. The van der Waals surface area contributed by atoms with Gasteiger partial charge in [0.25, 0.3) is 0 Å². The topological polar surface area (TPSA) is 61.8 Å². The Kier molecular flexibility index (Phi) is 3.75. The molecule has 0 amide bonds. The summed E-state index contributed by atoms with van der Waals surface area (Å²) in [7, 11) is -3.21. The van der Waals surface area contributed by atoms with Crippen molar-refractivity contribution in [2.45, 2.75) is 58.4 Å². The quantitative estimate of drug-likeness (QED) is 0.854. The number of hydrogen-bond donors (Lipinski definition) is 1. The van der Waals surface area contributed by atoms with Crippen molar-refractivity contribution in [2.24, 2.45) is 4.99 Å². The van der Waals surface area contributed by atoms with Crippen molar-refractivity contribution < 1.29 is 8.42 Å². The van der Waals surface area contributed by atoms with E-state index in [9.17, 15) is 8.42 Å². The highest BCUT2D eigenvalue weighted by Crippen LogP contribution is 2.31. The summed E-state index contributed by atoms with van der Waals surface area (Å²) >= 11 is 0. The molecule has 2 unspecified atom stereocenters. The van der Waals surface area contributed by atoms with Gasteiger partial charge in [-0.2, -0.15) is 0 Å². The molecule has 19 heavy (non-hydrogen) atoms. The Labute approximate surface area is 115 Å². The third kappa shape index (κ3) is 2.69. The van der Waals surface area contributed by atoms with Crippen molar-refractivity contribution in [3.05, 3.63) is 11.3 Å². The smallest absolute Gasteiger partial charge is 0.214 e. The van der Waals surface area contributed by atoms with Gasteiger partial charge in [0.2, 0.25) is 10.0 Å². The maximum absolute atomic E-state index is 11.9. The molecule has 2 aliphatic rings. The molecule has 1 fully saturated rings. The third-order valence-electron chi connectivity index (χ3n) is 3.97. The highest BCUT2D eigenvalue weighted by Gasteiger charge is 2.35. The monoisotopic (exact) mass is 285 g/mol. The second kappa shape index (κ2) is 4.90. The molecule has 0 saturated carbocycles. The van der Waals surface area contributed by atoms with Crippen LogP contribution < -0.4 is 4.72 Å². The Hall–Kier alpha value is -0.880. The van der Waals surface area contributed by atoms with Crippen molar-refractivity contribution in [3.8, 4) is 0 Å². The maximum Gasteiger partial charge on any atom is 0.214 e. The molecule has 2 rings (SSSR count). The maximum atomic E-state index is 11.9. The Bertz CT molecular complexity index is 534. The van der Waals surface area contributed by atoms with Crippen molar-refractivity contribution in [2.75, 3.05) is 6.54 Å². The van der Waals surface area contributed by atoms with E-state index in [4.69, 9.17) is 0 Å². The normalized spacial score (nSPS) is 27.9. The molecule has 0 radical (unpaired) electrons. The van der Waals surface area contributed by atoms with Gasteiger partial charge >= 0.3 is 0 Å². The number of hydrogen-bond acceptors (Lipinski definition) is 4. The molecule has 0 aliphatic carbocycles. The highest BCUT2D eigenvalue weighted by atomic mass is 32.2. The molecular weight excluding hydrogens is 262 g/mol. The van der Waals surface area contributed by atoms with Crippen molar-refractivity contribution >= 4 is 15.9 Å². The first-order chi connectivity index (χ1) is 8.72. The average Bonchev–Trinajstić information content (AvgIpc) is 2.69. The van der Waals surface area contributed by atoms with Gasteiger partial charge in [0, 0.05) is 24.7 Å². The van der Waals surface area contributed by atoms with Gasteiger partial charge in [-0.1, -0.05) is 0 Å². The standard InChI is InChI=1S/C13H23N3O2S/c1-8(2)19(17,18)15-12-6-13-9(3)10(4)14-11(5)16(13)7-12/h8,10,12,15H,6-7H2,1-5H3. The minimum Gasteiger partial charge on any atom is -0.332 e. The first kappa shape index (κ1) is 14.5. The van der Waals surface area contributed by atoms with E-state index in [0.717, 1.165) is 12.3 Å². The minimum absolute atomic E-state index is 0.0483. The van der Waals surface area contributed by atoms with Gasteiger partial charge in [-0.25, -0.2) is 13.1 Å². The van der Waals surface area contributed by atoms with Gasteiger partial charge in [-0.15, -0.1) is 0 Å². The third-order valence-corrected chi connectivity index (χ3v) is 5.88. The van der Waals surface area contributed by atoms with Crippen molar-refractivity contribution in [1.29, 1.82) is 0 Å². The van der Waals surface area contributed by atoms with Crippen LogP contribution in [0, 0.1) is 0 Å². The van der Waals surface area contributed by atoms with Crippen LogP contribution in [0.3, 0.4) is 0 Å². The molecule has 2 aliphatic heterocycles. The summed E-state index contributed by atoms with van der Waals surface area (Å²) in [6, 6.07) is 0.152. The molecule has 108 valence electrons. The van der Waals surface area contributed by atoms with Gasteiger partial charge in [-0.3, -0.25) is 4.99 Å². The van der Waals surface area contributed by atoms with Crippen LogP contribution in [-0.4, -0.2) is 43.0 Å². The zero-order chi connectivity index (χ0) is 14.4. The lowest BCUT2D eigenvalue weighted by molar-refractivity contribution is 0.507. The minimum atomic E-state index is -3.21. The molecule has 0 aromatic heterocycles. The van der Waals surface area contributed by atoms with E-state index in [-0.39, 0.29) is 12.1 Å². The summed E-state index contributed by atoms with van der Waals surface area (Å²) in [4.78, 5) is 6.72. The number of sulfonamides is 1. The number of aliphatic imine (C=N–C) groups is 1. The molecule has 0 bridgehead atoms. The number of amidine groups is 1. The zero-order valence-electron chi connectivity index (χ0n) is 12.3. The number of fused-ring (bicyclic) bond motifs is 1. The summed E-state index contributed by atoms with van der Waals surface area (Å²) in [5, 5.41) is -0.395. The molecule has 1 N–H and O–H groups in total. The molecule has 2 heterocycles. The Morgan fingerprint density at radius 1 is 1.37 bits per heavy atom. The van der Waals surface area contributed by atoms with E-state index < -0.39 is 15.3 Å². The Morgan fingerprint density at radius 2 is 2.00 bits per heavy atom. The van der Waals surface area contributed by atoms with Crippen molar-refractivity contribution in [3.63, 3.8) is 0 Å². The van der Waals surface area contributed by atoms with Crippen LogP contribution in [0.25, 0.3) is 0 Å². The van der Waals surface area contributed by atoms with Crippen LogP contribution in [0.1, 0.15) is 41.0 Å². The predicted molar refractivity (Wildman–Crippen MR) is 77.6 cm³/mol. The van der Waals surface area contributed by atoms with Gasteiger partial charge in [0.05, 0.1) is 11.3 Å². The largest absolute Gasteiger partial charge is 0.332 e. The fourth-order valence-corrected chi connectivity index (χ4v) is 3.47.